The molecule has 1 rings (SSSR count). The predicted octanol–water partition coefficient (Wildman–Crippen LogP) is 1.09. The smallest absolute Gasteiger partial charge is 0.220 e. The van der Waals surface area contributed by atoms with Crippen LogP contribution in [0.4, 0.5) is 0 Å². The fourth-order valence-corrected chi connectivity index (χ4v) is 2.31. The van der Waals surface area contributed by atoms with Crippen molar-refractivity contribution in [3.63, 3.8) is 0 Å². The highest BCUT2D eigenvalue weighted by Crippen LogP contribution is 2.25. The minimum absolute atomic E-state index is 0. The van der Waals surface area contributed by atoms with E-state index in [1.165, 1.54) is 12.8 Å². The molecule has 0 aromatic rings. The van der Waals surface area contributed by atoms with Crippen LogP contribution in [0.15, 0.2) is 0 Å². The second kappa shape index (κ2) is 11.5. The third kappa shape index (κ3) is 8.42. The number of carbonyl (C=O) groups is 1. The Morgan fingerprint density at radius 1 is 1.26 bits per heavy atom. The molecule has 2 unspecified atom stereocenters. The highest BCUT2D eigenvalue weighted by atomic mass is 35.5. The largest absolute Gasteiger partial charge is 0.382 e. The van der Waals surface area contributed by atoms with Crippen molar-refractivity contribution >= 4 is 18.3 Å². The number of rotatable bonds is 8. The number of hydrogen-bond acceptors (Lipinski definition) is 4. The normalized spacial score (nSPS) is 22.6. The van der Waals surface area contributed by atoms with Gasteiger partial charge in [0, 0.05) is 26.1 Å². The molecule has 0 spiro atoms. The van der Waals surface area contributed by atoms with Gasteiger partial charge >= 0.3 is 0 Å². The molecule has 0 bridgehead atoms. The van der Waals surface area contributed by atoms with Crippen molar-refractivity contribution in [1.29, 1.82) is 0 Å². The van der Waals surface area contributed by atoms with E-state index < -0.39 is 0 Å². The summed E-state index contributed by atoms with van der Waals surface area (Å²) in [5.74, 6) is 0.445. The van der Waals surface area contributed by atoms with Crippen LogP contribution in [-0.2, 0) is 14.3 Å². The van der Waals surface area contributed by atoms with Gasteiger partial charge in [-0.15, -0.1) is 12.4 Å². The predicted molar refractivity (Wildman–Crippen MR) is 77.5 cm³/mol. The van der Waals surface area contributed by atoms with Crippen LogP contribution in [-0.4, -0.2) is 45.4 Å². The number of nitrogens with one attached hydrogen (secondary N) is 1. The minimum Gasteiger partial charge on any atom is -0.382 e. The molecular formula is C13H27ClN2O3. The topological polar surface area (TPSA) is 73.6 Å². The summed E-state index contributed by atoms with van der Waals surface area (Å²) in [6.45, 7) is 2.25. The Morgan fingerprint density at radius 3 is 2.68 bits per heavy atom. The molecule has 0 aromatic heterocycles. The molecule has 0 radical (unpaired) electrons. The summed E-state index contributed by atoms with van der Waals surface area (Å²) >= 11 is 0. The van der Waals surface area contributed by atoms with Crippen LogP contribution in [0.25, 0.3) is 0 Å². The Labute approximate surface area is 122 Å². The Balaban J connectivity index is 0.00000324. The molecule has 1 aliphatic carbocycles. The van der Waals surface area contributed by atoms with E-state index in [0.29, 0.717) is 38.7 Å². The van der Waals surface area contributed by atoms with Crippen LogP contribution in [0.2, 0.25) is 0 Å². The van der Waals surface area contributed by atoms with Crippen molar-refractivity contribution in [3.8, 4) is 0 Å². The summed E-state index contributed by atoms with van der Waals surface area (Å²) < 4.78 is 10.1. The number of ether oxygens (including phenoxy) is 2. The molecule has 0 aromatic carbocycles. The van der Waals surface area contributed by atoms with Gasteiger partial charge in [-0.3, -0.25) is 4.79 Å². The Kier molecular flexibility index (Phi) is 11.2. The lowest BCUT2D eigenvalue weighted by Crippen LogP contribution is -2.37. The molecule has 1 fully saturated rings. The lowest BCUT2D eigenvalue weighted by Gasteiger charge is -2.27. The maximum Gasteiger partial charge on any atom is 0.220 e. The third-order valence-electron chi connectivity index (χ3n) is 3.42. The van der Waals surface area contributed by atoms with E-state index in [-0.39, 0.29) is 24.4 Å². The van der Waals surface area contributed by atoms with Gasteiger partial charge in [0.1, 0.15) is 0 Å². The fourth-order valence-electron chi connectivity index (χ4n) is 2.31. The van der Waals surface area contributed by atoms with E-state index in [1.807, 2.05) is 0 Å². The Hall–Kier alpha value is -0.360. The zero-order valence-corrected chi connectivity index (χ0v) is 12.5. The van der Waals surface area contributed by atoms with Crippen molar-refractivity contribution in [2.24, 2.45) is 11.7 Å². The highest BCUT2D eigenvalue weighted by Gasteiger charge is 2.23. The van der Waals surface area contributed by atoms with E-state index in [2.05, 4.69) is 5.32 Å². The highest BCUT2D eigenvalue weighted by molar-refractivity contribution is 5.85. The van der Waals surface area contributed by atoms with Gasteiger partial charge in [-0.05, 0) is 18.8 Å². The number of hydrogen-bond donors (Lipinski definition) is 2. The molecule has 0 aliphatic heterocycles. The number of nitrogens with two attached hydrogens (primary N) is 1. The standard InChI is InChI=1S/C13H26N2O3.ClH/c1-17-8-9-18-7-6-15-13(16)10-11-4-2-3-5-12(11)14;/h11-12H,2-10,14H2,1H3,(H,15,16);1H. The van der Waals surface area contributed by atoms with Crippen LogP contribution in [0.1, 0.15) is 32.1 Å². The maximum atomic E-state index is 11.7. The average Bonchev–Trinajstić information content (AvgIpc) is 2.36. The van der Waals surface area contributed by atoms with Crippen molar-refractivity contribution in [1.82, 2.24) is 5.32 Å². The van der Waals surface area contributed by atoms with Gasteiger partial charge in [-0.25, -0.2) is 0 Å². The molecule has 3 N–H and O–H groups in total. The van der Waals surface area contributed by atoms with Crippen molar-refractivity contribution in [2.75, 3.05) is 33.5 Å². The van der Waals surface area contributed by atoms with Crippen molar-refractivity contribution in [2.45, 2.75) is 38.1 Å². The van der Waals surface area contributed by atoms with Crippen molar-refractivity contribution < 1.29 is 14.3 Å². The van der Waals surface area contributed by atoms with Crippen LogP contribution in [0, 0.1) is 5.92 Å². The van der Waals surface area contributed by atoms with Crippen LogP contribution in [0.5, 0.6) is 0 Å². The molecule has 1 aliphatic rings. The number of halogens is 1. The molecular weight excluding hydrogens is 268 g/mol. The monoisotopic (exact) mass is 294 g/mol. The molecule has 114 valence electrons. The van der Waals surface area contributed by atoms with Gasteiger partial charge in [0.2, 0.25) is 5.91 Å². The summed E-state index contributed by atoms with van der Waals surface area (Å²) in [4.78, 5) is 11.7. The molecule has 0 saturated heterocycles. The van der Waals surface area contributed by atoms with E-state index in [9.17, 15) is 4.79 Å². The fraction of sp³-hybridized carbons (Fsp3) is 0.923. The molecule has 2 atom stereocenters. The second-order valence-corrected chi connectivity index (χ2v) is 4.87. The quantitative estimate of drug-likeness (QED) is 0.657. The molecule has 19 heavy (non-hydrogen) atoms. The molecule has 6 heteroatoms. The zero-order chi connectivity index (χ0) is 13.2. The van der Waals surface area contributed by atoms with Gasteiger partial charge in [0.15, 0.2) is 0 Å². The van der Waals surface area contributed by atoms with Gasteiger partial charge < -0.3 is 20.5 Å². The van der Waals surface area contributed by atoms with Gasteiger partial charge in [0.25, 0.3) is 0 Å². The van der Waals surface area contributed by atoms with Gasteiger partial charge in [-0.1, -0.05) is 12.8 Å². The molecule has 1 saturated carbocycles. The first kappa shape index (κ1) is 18.6. The average molecular weight is 295 g/mol. The summed E-state index contributed by atoms with van der Waals surface area (Å²) in [5, 5.41) is 2.87. The van der Waals surface area contributed by atoms with Crippen LogP contribution >= 0.6 is 12.4 Å². The Morgan fingerprint density at radius 2 is 2.00 bits per heavy atom. The van der Waals surface area contributed by atoms with E-state index in [4.69, 9.17) is 15.2 Å². The summed E-state index contributed by atoms with van der Waals surface area (Å²) in [6, 6.07) is 0.197. The minimum atomic E-state index is 0. The Bertz CT molecular complexity index is 242. The van der Waals surface area contributed by atoms with E-state index >= 15 is 0 Å². The van der Waals surface area contributed by atoms with Crippen molar-refractivity contribution in [3.05, 3.63) is 0 Å². The van der Waals surface area contributed by atoms with E-state index in [1.54, 1.807) is 7.11 Å². The summed E-state index contributed by atoms with van der Waals surface area (Å²) in [5.41, 5.74) is 6.02. The lowest BCUT2D eigenvalue weighted by molar-refractivity contribution is -0.122. The summed E-state index contributed by atoms with van der Waals surface area (Å²) in [6.07, 6.45) is 5.09. The molecule has 0 heterocycles. The molecule has 5 nitrogen and oxygen atoms in total. The lowest BCUT2D eigenvalue weighted by atomic mass is 9.83. The zero-order valence-electron chi connectivity index (χ0n) is 11.7. The first-order chi connectivity index (χ1) is 8.74. The number of amides is 1. The summed E-state index contributed by atoms with van der Waals surface area (Å²) in [7, 11) is 1.64. The van der Waals surface area contributed by atoms with Crippen LogP contribution in [0.3, 0.4) is 0 Å². The maximum absolute atomic E-state index is 11.7. The van der Waals surface area contributed by atoms with E-state index in [0.717, 1.165) is 12.8 Å². The van der Waals surface area contributed by atoms with Gasteiger partial charge in [0.05, 0.1) is 19.8 Å². The SMILES string of the molecule is COCCOCCNC(=O)CC1CCCCC1N.Cl. The molecule has 1 amide bonds. The first-order valence-corrected chi connectivity index (χ1v) is 6.83. The second-order valence-electron chi connectivity index (χ2n) is 4.87. The number of carbonyl (C=O) groups excluding carboxylic acids is 1. The van der Waals surface area contributed by atoms with Gasteiger partial charge in [-0.2, -0.15) is 0 Å². The number of methoxy groups -OCH3 is 1. The third-order valence-corrected chi connectivity index (χ3v) is 3.42. The first-order valence-electron chi connectivity index (χ1n) is 6.83. The van der Waals surface area contributed by atoms with Crippen LogP contribution < -0.4 is 11.1 Å².